The molecule has 2 aliphatic rings. The number of carbonyl (C=O) groups excluding carboxylic acids is 3. The minimum atomic E-state index is -0.676. The lowest BCUT2D eigenvalue weighted by molar-refractivity contribution is -0.117. The first kappa shape index (κ1) is 33.2. The van der Waals surface area contributed by atoms with E-state index in [2.05, 4.69) is 31.9 Å². The first-order valence-corrected chi connectivity index (χ1v) is 16.6. The van der Waals surface area contributed by atoms with E-state index in [0.29, 0.717) is 23.5 Å². The molecule has 48 heavy (non-hydrogen) atoms. The quantitative estimate of drug-likeness (QED) is 0.258. The highest BCUT2D eigenvalue weighted by Crippen LogP contribution is 2.36. The number of amides is 3. The number of imidazole rings is 1. The van der Waals surface area contributed by atoms with Crippen LogP contribution in [0.2, 0.25) is 0 Å². The van der Waals surface area contributed by atoms with Crippen LogP contribution in [0.3, 0.4) is 0 Å². The zero-order valence-corrected chi connectivity index (χ0v) is 28.9. The molecule has 1 aliphatic carbocycles. The number of carbonyl (C=O) groups is 3. The molecular formula is C36H46N8O4. The topological polar surface area (TPSA) is 127 Å². The first-order valence-electron chi connectivity index (χ1n) is 16.6. The Morgan fingerprint density at radius 2 is 1.75 bits per heavy atom. The molecule has 0 bridgehead atoms. The number of nitrogens with one attached hydrogen (secondary N) is 2. The molecule has 6 rings (SSSR count). The Kier molecular flexibility index (Phi) is 9.04. The molecule has 1 aromatic carbocycles. The van der Waals surface area contributed by atoms with Gasteiger partial charge in [-0.2, -0.15) is 0 Å². The highest BCUT2D eigenvalue weighted by Gasteiger charge is 2.39. The Morgan fingerprint density at radius 3 is 2.44 bits per heavy atom. The molecule has 0 radical (unpaired) electrons. The van der Waals surface area contributed by atoms with Crippen LogP contribution < -0.4 is 10.6 Å². The lowest BCUT2D eigenvalue weighted by Gasteiger charge is -2.24. The molecule has 1 saturated heterocycles. The predicted molar refractivity (Wildman–Crippen MR) is 186 cm³/mol. The van der Waals surface area contributed by atoms with Gasteiger partial charge in [0.15, 0.2) is 5.82 Å². The van der Waals surface area contributed by atoms with E-state index in [1.807, 2.05) is 45.1 Å². The maximum atomic E-state index is 13.7. The maximum absolute atomic E-state index is 13.7. The summed E-state index contributed by atoms with van der Waals surface area (Å²) in [6, 6.07) is 10.7. The van der Waals surface area contributed by atoms with Gasteiger partial charge in [-0.05, 0) is 96.9 Å². The van der Waals surface area contributed by atoms with E-state index < -0.39 is 23.8 Å². The predicted octanol–water partition coefficient (Wildman–Crippen LogP) is 4.26. The molecule has 2 atom stereocenters. The van der Waals surface area contributed by atoms with Gasteiger partial charge in [-0.25, -0.2) is 14.8 Å². The molecule has 2 fully saturated rings. The Morgan fingerprint density at radius 1 is 1.02 bits per heavy atom. The van der Waals surface area contributed by atoms with E-state index in [4.69, 9.17) is 14.7 Å². The summed E-state index contributed by atoms with van der Waals surface area (Å²) < 4.78 is 9.94. The number of fused-ring (bicyclic) bond motifs is 2. The van der Waals surface area contributed by atoms with Gasteiger partial charge in [0.25, 0.3) is 5.91 Å². The van der Waals surface area contributed by atoms with Crippen LogP contribution in [0, 0.1) is 12.8 Å². The number of pyridine rings is 1. The summed E-state index contributed by atoms with van der Waals surface area (Å²) in [6.07, 6.45) is 5.19. The molecule has 4 heterocycles. The summed E-state index contributed by atoms with van der Waals surface area (Å²) in [4.78, 5) is 52.8. The number of benzene rings is 1. The van der Waals surface area contributed by atoms with Crippen molar-refractivity contribution in [2.45, 2.75) is 64.8 Å². The van der Waals surface area contributed by atoms with Crippen molar-refractivity contribution in [3.8, 4) is 11.5 Å². The number of ether oxygens (including phenoxy) is 1. The molecule has 254 valence electrons. The summed E-state index contributed by atoms with van der Waals surface area (Å²) in [5.41, 5.74) is 4.32. The number of hydrogen-bond acceptors (Lipinski definition) is 7. The molecule has 3 amide bonds. The Hall–Kier alpha value is -4.71. The minimum absolute atomic E-state index is 0.196. The fraction of sp³-hybridized carbons (Fsp3) is 0.472. The van der Waals surface area contributed by atoms with Crippen molar-refractivity contribution in [2.24, 2.45) is 13.0 Å². The molecule has 1 saturated carbocycles. The maximum Gasteiger partial charge on any atom is 0.410 e. The summed E-state index contributed by atoms with van der Waals surface area (Å²) >= 11 is 0. The number of rotatable bonds is 9. The third-order valence-corrected chi connectivity index (χ3v) is 8.75. The van der Waals surface area contributed by atoms with Crippen LogP contribution in [0.1, 0.15) is 49.7 Å². The molecule has 2 N–H and O–H groups in total. The third kappa shape index (κ3) is 7.38. The molecule has 0 spiro atoms. The summed E-state index contributed by atoms with van der Waals surface area (Å²) in [5.74, 6) is 0.855. The highest BCUT2D eigenvalue weighted by molar-refractivity contribution is 5.98. The smallest absolute Gasteiger partial charge is 0.410 e. The summed E-state index contributed by atoms with van der Waals surface area (Å²) in [5, 5.41) is 7.12. The van der Waals surface area contributed by atoms with Gasteiger partial charge in [0.05, 0.1) is 28.8 Å². The summed E-state index contributed by atoms with van der Waals surface area (Å²) in [6.45, 7) is 9.34. The minimum Gasteiger partial charge on any atom is -0.444 e. The second-order valence-electron chi connectivity index (χ2n) is 14.4. The molecule has 4 aromatic rings. The average molecular weight is 655 g/mol. The van der Waals surface area contributed by atoms with Crippen molar-refractivity contribution in [1.82, 2.24) is 39.5 Å². The van der Waals surface area contributed by atoms with E-state index in [9.17, 15) is 14.4 Å². The normalized spacial score (nSPS) is 18.4. The van der Waals surface area contributed by atoms with E-state index in [0.717, 1.165) is 40.3 Å². The van der Waals surface area contributed by atoms with Crippen LogP contribution >= 0.6 is 0 Å². The zero-order chi connectivity index (χ0) is 34.3. The van der Waals surface area contributed by atoms with Crippen LogP contribution in [0.4, 0.5) is 4.79 Å². The number of aromatic nitrogens is 4. The second kappa shape index (κ2) is 13.1. The standard InChI is InChI=1S/C36H46N8O4/c1-22-10-13-24-18-30(44(32(24)37-22)19-23-11-12-23)33-39-26-17-25(14-15-29(26)42(33)7)34(46)40-28-21-43(35(47)48-36(2,3)4)20-27(28)38-31(45)9-8-16-41(5)6/h8-10,13-15,17-18,23,27-28H,11-12,16,19-21H2,1-7H3,(H,38,45)(H,40,46)/b9-8+/t27-,28-/m1/s1. The van der Waals surface area contributed by atoms with Crippen LogP contribution in [-0.2, 0) is 23.1 Å². The monoisotopic (exact) mass is 654 g/mol. The molecule has 12 heteroatoms. The van der Waals surface area contributed by atoms with Crippen molar-refractivity contribution in [1.29, 1.82) is 0 Å². The molecule has 3 aromatic heterocycles. The summed E-state index contributed by atoms with van der Waals surface area (Å²) in [7, 11) is 5.83. The van der Waals surface area contributed by atoms with E-state index in [-0.39, 0.29) is 24.9 Å². The van der Waals surface area contributed by atoms with E-state index >= 15 is 0 Å². The fourth-order valence-corrected chi connectivity index (χ4v) is 6.15. The molecule has 1 aliphatic heterocycles. The average Bonchev–Trinajstić information content (AvgIpc) is 3.52. The van der Waals surface area contributed by atoms with Gasteiger partial charge in [0, 0.05) is 55.9 Å². The van der Waals surface area contributed by atoms with Gasteiger partial charge in [0.2, 0.25) is 5.91 Å². The number of aryl methyl sites for hydroxylation is 2. The molecular weight excluding hydrogens is 608 g/mol. The van der Waals surface area contributed by atoms with Crippen LogP contribution in [-0.4, -0.2) is 98.2 Å². The molecule has 12 nitrogen and oxygen atoms in total. The van der Waals surface area contributed by atoms with E-state index in [1.54, 1.807) is 39.0 Å². The highest BCUT2D eigenvalue weighted by atomic mass is 16.6. The second-order valence-corrected chi connectivity index (χ2v) is 14.4. The Balaban J connectivity index is 1.24. The largest absolute Gasteiger partial charge is 0.444 e. The van der Waals surface area contributed by atoms with Gasteiger partial charge in [-0.1, -0.05) is 6.08 Å². The van der Waals surface area contributed by atoms with Crippen molar-refractivity contribution in [2.75, 3.05) is 33.7 Å². The van der Waals surface area contributed by atoms with Crippen molar-refractivity contribution < 1.29 is 19.1 Å². The number of likely N-dealkylation sites (tertiary alicyclic amines) is 1. The third-order valence-electron chi connectivity index (χ3n) is 8.75. The molecule has 0 unspecified atom stereocenters. The lowest BCUT2D eigenvalue weighted by Crippen LogP contribution is -2.50. The van der Waals surface area contributed by atoms with Gasteiger partial charge in [-0.15, -0.1) is 0 Å². The first-order chi connectivity index (χ1) is 22.8. The van der Waals surface area contributed by atoms with E-state index in [1.165, 1.54) is 23.8 Å². The van der Waals surface area contributed by atoms with Gasteiger partial charge in [-0.3, -0.25) is 9.59 Å². The van der Waals surface area contributed by atoms with Crippen molar-refractivity contribution in [3.05, 3.63) is 59.8 Å². The fourth-order valence-electron chi connectivity index (χ4n) is 6.15. The Bertz CT molecular complexity index is 1890. The SMILES string of the molecule is Cc1ccc2cc(-c3nc4cc(C(=O)N[C@@H]5CN(C(=O)OC(C)(C)C)C[C@H]5NC(=O)/C=C/CN(C)C)ccc4n3C)n(CC3CC3)c2n1. The number of likely N-dealkylation sites (N-methyl/N-ethyl adjacent to an activating group) is 1. The van der Waals surface area contributed by atoms with Crippen LogP contribution in [0.25, 0.3) is 33.6 Å². The number of nitrogens with zero attached hydrogens (tertiary/aromatic N) is 6. The van der Waals surface area contributed by atoms with Crippen LogP contribution in [0.5, 0.6) is 0 Å². The van der Waals surface area contributed by atoms with Gasteiger partial charge < -0.3 is 34.3 Å². The van der Waals surface area contributed by atoms with Gasteiger partial charge in [0.1, 0.15) is 11.2 Å². The zero-order valence-electron chi connectivity index (χ0n) is 28.9. The van der Waals surface area contributed by atoms with Gasteiger partial charge >= 0.3 is 6.09 Å². The number of hydrogen-bond donors (Lipinski definition) is 2. The van der Waals surface area contributed by atoms with Crippen LogP contribution in [0.15, 0.2) is 48.6 Å². The lowest BCUT2D eigenvalue weighted by atomic mass is 10.1. The Labute approximate surface area is 281 Å². The van der Waals surface area contributed by atoms with Crippen molar-refractivity contribution >= 4 is 40.0 Å². The van der Waals surface area contributed by atoms with Crippen molar-refractivity contribution in [3.63, 3.8) is 0 Å².